The summed E-state index contributed by atoms with van der Waals surface area (Å²) in [6.45, 7) is 1.98. The predicted molar refractivity (Wildman–Crippen MR) is 96.6 cm³/mol. The number of aromatic amines is 1. The minimum absolute atomic E-state index is 0.0552. The van der Waals surface area contributed by atoms with E-state index in [4.69, 9.17) is 0 Å². The first-order chi connectivity index (χ1) is 11.7. The van der Waals surface area contributed by atoms with Crippen LogP contribution in [-0.2, 0) is 6.42 Å². The van der Waals surface area contributed by atoms with E-state index in [1.807, 2.05) is 29.9 Å². The average molecular weight is 340 g/mol. The van der Waals surface area contributed by atoms with Gasteiger partial charge in [-0.2, -0.15) is 0 Å². The fraction of sp³-hybridized carbons (Fsp3) is 0.333. The molecule has 4 rings (SSSR count). The van der Waals surface area contributed by atoms with Gasteiger partial charge in [0.2, 0.25) is 0 Å². The lowest BCUT2D eigenvalue weighted by Crippen LogP contribution is -2.36. The molecular weight excluding hydrogens is 320 g/mol. The van der Waals surface area contributed by atoms with E-state index in [9.17, 15) is 4.79 Å². The topological polar surface area (TPSA) is 61.0 Å². The lowest BCUT2D eigenvalue weighted by Gasteiger charge is -2.13. The van der Waals surface area contributed by atoms with Crippen molar-refractivity contribution in [3.63, 3.8) is 0 Å². The van der Waals surface area contributed by atoms with Crippen molar-refractivity contribution in [3.05, 3.63) is 52.0 Å². The Bertz CT molecular complexity index is 869. The second-order valence-electron chi connectivity index (χ2n) is 6.38. The molecule has 1 atom stereocenters. The lowest BCUT2D eigenvalue weighted by molar-refractivity contribution is 0.0942. The normalized spacial score (nSPS) is 18.3. The summed E-state index contributed by atoms with van der Waals surface area (Å²) in [6.07, 6.45) is 5.48. The van der Waals surface area contributed by atoms with Crippen molar-refractivity contribution in [1.29, 1.82) is 0 Å². The first-order valence-electron chi connectivity index (χ1n) is 8.17. The number of nitrogens with zero attached hydrogens (tertiary/aromatic N) is 2. The summed E-state index contributed by atoms with van der Waals surface area (Å²) >= 11 is 1.52. The van der Waals surface area contributed by atoms with E-state index in [1.54, 1.807) is 0 Å². The van der Waals surface area contributed by atoms with Gasteiger partial charge in [-0.25, -0.2) is 4.98 Å². The molecule has 1 unspecified atom stereocenters. The van der Waals surface area contributed by atoms with Gasteiger partial charge in [-0.15, -0.1) is 11.3 Å². The number of rotatable bonds is 4. The Labute approximate surface area is 144 Å². The Morgan fingerprint density at radius 2 is 2.33 bits per heavy atom. The molecule has 1 amide bonds. The van der Waals surface area contributed by atoms with Gasteiger partial charge in [-0.05, 0) is 61.1 Å². The van der Waals surface area contributed by atoms with E-state index >= 15 is 0 Å². The highest BCUT2D eigenvalue weighted by Gasteiger charge is 2.23. The smallest absolute Gasteiger partial charge is 0.261 e. The summed E-state index contributed by atoms with van der Waals surface area (Å²) in [7, 11) is 2.09. The van der Waals surface area contributed by atoms with Crippen LogP contribution in [0.4, 0.5) is 0 Å². The van der Waals surface area contributed by atoms with Crippen molar-refractivity contribution in [1.82, 2.24) is 20.2 Å². The van der Waals surface area contributed by atoms with Crippen LogP contribution in [-0.4, -0.2) is 47.0 Å². The maximum atomic E-state index is 12.7. The Hall–Kier alpha value is -2.18. The number of carbonyl (C=O) groups excluding carboxylic acids is 1. The number of H-pyrrole nitrogens is 1. The number of hydrogen-bond acceptors (Lipinski definition) is 4. The number of nitrogens with one attached hydrogen (secondary N) is 2. The van der Waals surface area contributed by atoms with Crippen molar-refractivity contribution in [3.8, 4) is 0 Å². The molecule has 5 nitrogen and oxygen atoms in total. The first kappa shape index (κ1) is 15.4. The fourth-order valence-corrected chi connectivity index (χ4v) is 4.18. The van der Waals surface area contributed by atoms with Gasteiger partial charge in [0.1, 0.15) is 5.65 Å². The Kier molecular flexibility index (Phi) is 4.08. The van der Waals surface area contributed by atoms with Crippen LogP contribution < -0.4 is 5.32 Å². The monoisotopic (exact) mass is 340 g/mol. The Morgan fingerprint density at radius 1 is 1.42 bits per heavy atom. The summed E-state index contributed by atoms with van der Waals surface area (Å²) in [5.74, 6) is 0.0552. The highest BCUT2D eigenvalue weighted by Crippen LogP contribution is 2.24. The predicted octanol–water partition coefficient (Wildman–Crippen LogP) is 2.65. The number of hydrogen-bond donors (Lipinski definition) is 2. The third kappa shape index (κ3) is 2.95. The van der Waals surface area contributed by atoms with E-state index in [2.05, 4.69) is 33.3 Å². The van der Waals surface area contributed by atoms with Crippen molar-refractivity contribution in [2.24, 2.45) is 0 Å². The molecule has 124 valence electrons. The zero-order valence-electron chi connectivity index (χ0n) is 13.6. The van der Waals surface area contributed by atoms with Crippen LogP contribution in [0.1, 0.15) is 27.2 Å². The van der Waals surface area contributed by atoms with E-state index in [1.165, 1.54) is 16.9 Å². The molecule has 1 aliphatic heterocycles. The number of thiophene rings is 1. The van der Waals surface area contributed by atoms with Crippen LogP contribution >= 0.6 is 11.3 Å². The molecule has 6 heteroatoms. The third-order valence-corrected chi connectivity index (χ3v) is 5.57. The third-order valence-electron chi connectivity index (χ3n) is 4.61. The number of amides is 1. The lowest BCUT2D eigenvalue weighted by atomic mass is 10.0. The molecule has 24 heavy (non-hydrogen) atoms. The van der Waals surface area contributed by atoms with Gasteiger partial charge in [0, 0.05) is 30.4 Å². The van der Waals surface area contributed by atoms with Crippen LogP contribution in [0.3, 0.4) is 0 Å². The molecular formula is C18H20N4OS. The molecule has 0 saturated carbocycles. The Balaban J connectivity index is 1.54. The second kappa shape index (κ2) is 6.37. The molecule has 0 aromatic carbocycles. The van der Waals surface area contributed by atoms with E-state index in [0.29, 0.717) is 0 Å². The minimum atomic E-state index is 0.0552. The summed E-state index contributed by atoms with van der Waals surface area (Å²) < 4.78 is 0. The van der Waals surface area contributed by atoms with Gasteiger partial charge in [0.15, 0.2) is 0 Å². The van der Waals surface area contributed by atoms with Crippen LogP contribution in [0.25, 0.3) is 11.0 Å². The highest BCUT2D eigenvalue weighted by atomic mass is 32.1. The largest absolute Gasteiger partial charge is 0.347 e. The maximum Gasteiger partial charge on any atom is 0.261 e. The van der Waals surface area contributed by atoms with E-state index < -0.39 is 0 Å². The molecule has 1 saturated heterocycles. The zero-order chi connectivity index (χ0) is 16.5. The minimum Gasteiger partial charge on any atom is -0.347 e. The van der Waals surface area contributed by atoms with Crippen molar-refractivity contribution in [2.45, 2.75) is 18.9 Å². The van der Waals surface area contributed by atoms with Gasteiger partial charge in [-0.3, -0.25) is 4.79 Å². The van der Waals surface area contributed by atoms with Crippen LogP contribution in [0.2, 0.25) is 0 Å². The SMILES string of the molecule is CN1CCC(NC(=O)c2sccc2Cc2ccnc3[nH]ccc23)C1. The highest BCUT2D eigenvalue weighted by molar-refractivity contribution is 7.12. The molecule has 1 fully saturated rings. The summed E-state index contributed by atoms with van der Waals surface area (Å²) in [5, 5.41) is 6.30. The van der Waals surface area contributed by atoms with Gasteiger partial charge in [-0.1, -0.05) is 0 Å². The van der Waals surface area contributed by atoms with Gasteiger partial charge in [0.25, 0.3) is 5.91 Å². The zero-order valence-corrected chi connectivity index (χ0v) is 14.4. The standard InChI is InChI=1S/C18H20N4OS/c1-22-8-4-14(11-22)21-18(23)16-13(5-9-24-16)10-12-2-6-19-17-15(12)3-7-20-17/h2-3,5-7,9,14H,4,8,10-11H2,1H3,(H,19,20)(H,21,23). The molecule has 2 N–H and O–H groups in total. The number of aromatic nitrogens is 2. The molecule has 0 bridgehead atoms. The van der Waals surface area contributed by atoms with E-state index in [0.717, 1.165) is 47.4 Å². The van der Waals surface area contributed by atoms with Gasteiger partial charge in [0.05, 0.1) is 4.88 Å². The van der Waals surface area contributed by atoms with Crippen LogP contribution in [0.5, 0.6) is 0 Å². The summed E-state index contributed by atoms with van der Waals surface area (Å²) in [6, 6.07) is 6.38. The van der Waals surface area contributed by atoms with Gasteiger partial charge < -0.3 is 15.2 Å². The van der Waals surface area contributed by atoms with Crippen molar-refractivity contribution < 1.29 is 4.79 Å². The van der Waals surface area contributed by atoms with Crippen molar-refractivity contribution >= 4 is 28.3 Å². The van der Waals surface area contributed by atoms with Crippen LogP contribution in [0, 0.1) is 0 Å². The van der Waals surface area contributed by atoms with Gasteiger partial charge >= 0.3 is 0 Å². The summed E-state index contributed by atoms with van der Waals surface area (Å²) in [4.78, 5) is 23.2. The molecule has 0 radical (unpaired) electrons. The first-order valence-corrected chi connectivity index (χ1v) is 9.05. The number of likely N-dealkylation sites (N-methyl/N-ethyl adjacent to an activating group) is 1. The fourth-order valence-electron chi connectivity index (χ4n) is 3.36. The number of carbonyl (C=O) groups is 1. The quantitative estimate of drug-likeness (QED) is 0.767. The maximum absolute atomic E-state index is 12.7. The molecule has 3 aromatic rings. The number of likely N-dealkylation sites (tertiary alicyclic amines) is 1. The molecule has 0 spiro atoms. The number of pyridine rings is 1. The van der Waals surface area contributed by atoms with Crippen molar-refractivity contribution in [2.75, 3.05) is 20.1 Å². The van der Waals surface area contributed by atoms with E-state index in [-0.39, 0.29) is 11.9 Å². The second-order valence-corrected chi connectivity index (χ2v) is 7.30. The molecule has 4 heterocycles. The van der Waals surface area contributed by atoms with Crippen LogP contribution in [0.15, 0.2) is 36.0 Å². The Morgan fingerprint density at radius 3 is 3.17 bits per heavy atom. The summed E-state index contributed by atoms with van der Waals surface area (Å²) in [5.41, 5.74) is 3.16. The number of fused-ring (bicyclic) bond motifs is 1. The molecule has 0 aliphatic carbocycles. The average Bonchev–Trinajstić information content (AvgIpc) is 3.28. The molecule has 1 aliphatic rings. The molecule has 3 aromatic heterocycles.